The van der Waals surface area contributed by atoms with Gasteiger partial charge in [0.1, 0.15) is 11.5 Å². The van der Waals surface area contributed by atoms with Gasteiger partial charge < -0.3 is 10.1 Å². The normalized spacial score (nSPS) is 10.5. The lowest BCUT2D eigenvalue weighted by Crippen LogP contribution is -2.12. The first kappa shape index (κ1) is 14.5. The largest absolute Gasteiger partial charge is 0.455 e. The molecule has 1 aromatic carbocycles. The van der Waals surface area contributed by atoms with Gasteiger partial charge in [-0.15, -0.1) is 0 Å². The van der Waals surface area contributed by atoms with E-state index >= 15 is 0 Å². The van der Waals surface area contributed by atoms with Crippen molar-refractivity contribution in [3.8, 4) is 11.5 Å². The van der Waals surface area contributed by atoms with Crippen molar-refractivity contribution in [2.45, 2.75) is 13.5 Å². The average molecular weight is 386 g/mol. The van der Waals surface area contributed by atoms with E-state index < -0.39 is 0 Å². The lowest BCUT2D eigenvalue weighted by Gasteiger charge is -2.12. The minimum Gasteiger partial charge on any atom is -0.455 e. The highest BCUT2D eigenvalue weighted by Crippen LogP contribution is 2.28. The van der Waals surface area contributed by atoms with Gasteiger partial charge in [0, 0.05) is 27.3 Å². The Morgan fingerprint density at radius 2 is 2.00 bits per heavy atom. The number of ether oxygens (including phenoxy) is 1. The fourth-order valence-corrected chi connectivity index (χ4v) is 2.37. The highest BCUT2D eigenvalue weighted by molar-refractivity contribution is 9.10. The molecule has 1 aromatic heterocycles. The van der Waals surface area contributed by atoms with Gasteiger partial charge >= 0.3 is 0 Å². The van der Waals surface area contributed by atoms with Crippen LogP contribution in [0.25, 0.3) is 0 Å². The van der Waals surface area contributed by atoms with E-state index in [9.17, 15) is 0 Å². The Bertz CT molecular complexity index is 561. The fraction of sp³-hybridized carbons (Fsp3) is 0.214. The third kappa shape index (κ3) is 4.30. The molecule has 1 heterocycles. The SMILES string of the molecule is CCNCc1cc(Br)ccc1Oc1cncc(Br)c1. The summed E-state index contributed by atoms with van der Waals surface area (Å²) in [5.41, 5.74) is 1.11. The zero-order valence-electron chi connectivity index (χ0n) is 10.5. The van der Waals surface area contributed by atoms with Gasteiger partial charge in [-0.1, -0.05) is 22.9 Å². The van der Waals surface area contributed by atoms with E-state index in [2.05, 4.69) is 55.2 Å². The molecule has 2 rings (SSSR count). The Hall–Kier alpha value is -0.910. The van der Waals surface area contributed by atoms with Crippen molar-refractivity contribution in [2.75, 3.05) is 6.54 Å². The van der Waals surface area contributed by atoms with E-state index in [4.69, 9.17) is 4.74 Å². The molecule has 19 heavy (non-hydrogen) atoms. The quantitative estimate of drug-likeness (QED) is 0.822. The number of hydrogen-bond acceptors (Lipinski definition) is 3. The van der Waals surface area contributed by atoms with Crippen molar-refractivity contribution in [3.05, 3.63) is 51.2 Å². The van der Waals surface area contributed by atoms with Gasteiger partial charge in [-0.3, -0.25) is 4.98 Å². The predicted molar refractivity (Wildman–Crippen MR) is 83.5 cm³/mol. The zero-order chi connectivity index (χ0) is 13.7. The number of aromatic nitrogens is 1. The summed E-state index contributed by atoms with van der Waals surface area (Å²) in [7, 11) is 0. The fourth-order valence-electron chi connectivity index (χ4n) is 1.62. The summed E-state index contributed by atoms with van der Waals surface area (Å²) in [6, 6.07) is 7.88. The molecule has 2 aromatic rings. The van der Waals surface area contributed by atoms with Crippen LogP contribution < -0.4 is 10.1 Å². The Kier molecular flexibility index (Phi) is 5.36. The van der Waals surface area contributed by atoms with Crippen LogP contribution in [0.2, 0.25) is 0 Å². The van der Waals surface area contributed by atoms with Crippen LogP contribution in [0.15, 0.2) is 45.6 Å². The Labute approximate surface area is 129 Å². The molecule has 0 fully saturated rings. The summed E-state index contributed by atoms with van der Waals surface area (Å²) in [4.78, 5) is 4.09. The summed E-state index contributed by atoms with van der Waals surface area (Å²) in [5, 5.41) is 3.30. The second-order valence-corrected chi connectivity index (χ2v) is 5.80. The highest BCUT2D eigenvalue weighted by Gasteiger charge is 2.06. The van der Waals surface area contributed by atoms with Crippen molar-refractivity contribution in [2.24, 2.45) is 0 Å². The predicted octanol–water partition coefficient (Wildman–Crippen LogP) is 4.51. The molecule has 0 aliphatic rings. The molecule has 0 spiro atoms. The summed E-state index contributed by atoms with van der Waals surface area (Å²) < 4.78 is 7.83. The molecule has 0 amide bonds. The van der Waals surface area contributed by atoms with Crippen LogP contribution in [0.1, 0.15) is 12.5 Å². The number of pyridine rings is 1. The second-order valence-electron chi connectivity index (χ2n) is 3.97. The number of rotatable bonds is 5. The van der Waals surface area contributed by atoms with Crippen LogP contribution in [0.3, 0.4) is 0 Å². The maximum Gasteiger partial charge on any atom is 0.146 e. The number of benzene rings is 1. The maximum atomic E-state index is 5.89. The van der Waals surface area contributed by atoms with Crippen molar-refractivity contribution >= 4 is 31.9 Å². The Balaban J connectivity index is 2.23. The molecule has 0 unspecified atom stereocenters. The van der Waals surface area contributed by atoms with E-state index in [-0.39, 0.29) is 0 Å². The Morgan fingerprint density at radius 3 is 2.74 bits per heavy atom. The molecule has 0 bridgehead atoms. The van der Waals surface area contributed by atoms with E-state index in [0.29, 0.717) is 0 Å². The van der Waals surface area contributed by atoms with Crippen LogP contribution >= 0.6 is 31.9 Å². The van der Waals surface area contributed by atoms with E-state index in [1.807, 2.05) is 18.2 Å². The van der Waals surface area contributed by atoms with E-state index in [0.717, 1.165) is 39.1 Å². The van der Waals surface area contributed by atoms with Gasteiger partial charge in [0.2, 0.25) is 0 Å². The van der Waals surface area contributed by atoms with Crippen molar-refractivity contribution in [3.63, 3.8) is 0 Å². The molecule has 0 aliphatic carbocycles. The van der Waals surface area contributed by atoms with Gasteiger partial charge in [-0.25, -0.2) is 0 Å². The lowest BCUT2D eigenvalue weighted by atomic mass is 10.2. The van der Waals surface area contributed by atoms with Gasteiger partial charge in [0.25, 0.3) is 0 Å². The second kappa shape index (κ2) is 7.03. The molecule has 5 heteroatoms. The molecular weight excluding hydrogens is 372 g/mol. The first-order valence-electron chi connectivity index (χ1n) is 5.96. The van der Waals surface area contributed by atoms with Gasteiger partial charge in [-0.05, 0) is 46.7 Å². The minimum absolute atomic E-state index is 0.717. The van der Waals surface area contributed by atoms with Crippen LogP contribution in [0.4, 0.5) is 0 Å². The van der Waals surface area contributed by atoms with Crippen molar-refractivity contribution in [1.29, 1.82) is 0 Å². The van der Waals surface area contributed by atoms with Crippen LogP contribution in [0.5, 0.6) is 11.5 Å². The topological polar surface area (TPSA) is 34.1 Å². The lowest BCUT2D eigenvalue weighted by molar-refractivity contribution is 0.470. The van der Waals surface area contributed by atoms with Crippen molar-refractivity contribution in [1.82, 2.24) is 10.3 Å². The van der Waals surface area contributed by atoms with Gasteiger partial charge in [0.05, 0.1) is 6.20 Å². The standard InChI is InChI=1S/C14H14Br2N2O/c1-2-17-7-10-5-11(15)3-4-14(10)19-13-6-12(16)8-18-9-13/h3-6,8-9,17H,2,7H2,1H3. The molecule has 100 valence electrons. The van der Waals surface area contributed by atoms with E-state index in [1.54, 1.807) is 12.4 Å². The average Bonchev–Trinajstić information content (AvgIpc) is 2.39. The van der Waals surface area contributed by atoms with E-state index in [1.165, 1.54) is 0 Å². The van der Waals surface area contributed by atoms with Crippen molar-refractivity contribution < 1.29 is 4.74 Å². The third-order valence-electron chi connectivity index (χ3n) is 2.50. The van der Waals surface area contributed by atoms with Crippen LogP contribution in [0, 0.1) is 0 Å². The van der Waals surface area contributed by atoms with Gasteiger partial charge in [-0.2, -0.15) is 0 Å². The zero-order valence-corrected chi connectivity index (χ0v) is 13.7. The molecular formula is C14H14Br2N2O. The number of nitrogens with zero attached hydrogens (tertiary/aromatic N) is 1. The van der Waals surface area contributed by atoms with Crippen LogP contribution in [-0.2, 0) is 6.54 Å². The first-order chi connectivity index (χ1) is 9.19. The summed E-state index contributed by atoms with van der Waals surface area (Å²) in [6.07, 6.45) is 3.43. The summed E-state index contributed by atoms with van der Waals surface area (Å²) in [5.74, 6) is 1.55. The van der Waals surface area contributed by atoms with Gasteiger partial charge in [0.15, 0.2) is 0 Å². The number of hydrogen-bond donors (Lipinski definition) is 1. The molecule has 1 N–H and O–H groups in total. The Morgan fingerprint density at radius 1 is 1.16 bits per heavy atom. The van der Waals surface area contributed by atoms with Crippen LogP contribution in [-0.4, -0.2) is 11.5 Å². The summed E-state index contributed by atoms with van der Waals surface area (Å²) in [6.45, 7) is 3.77. The smallest absolute Gasteiger partial charge is 0.146 e. The molecule has 0 atom stereocenters. The maximum absolute atomic E-state index is 5.89. The third-order valence-corrected chi connectivity index (χ3v) is 3.42. The molecule has 0 aliphatic heterocycles. The molecule has 0 saturated heterocycles. The highest BCUT2D eigenvalue weighted by atomic mass is 79.9. The number of halogens is 2. The summed E-state index contributed by atoms with van der Waals surface area (Å²) >= 11 is 6.87. The first-order valence-corrected chi connectivity index (χ1v) is 7.55. The number of nitrogens with one attached hydrogen (secondary N) is 1. The monoisotopic (exact) mass is 384 g/mol. The minimum atomic E-state index is 0.717. The molecule has 0 radical (unpaired) electrons. The molecule has 3 nitrogen and oxygen atoms in total. The molecule has 0 saturated carbocycles.